The van der Waals surface area contributed by atoms with Crippen molar-refractivity contribution >= 4 is 28.9 Å². The summed E-state index contributed by atoms with van der Waals surface area (Å²) in [7, 11) is 0. The molecule has 0 amide bonds. The number of benzene rings is 2. The van der Waals surface area contributed by atoms with Gasteiger partial charge in [-0.3, -0.25) is 4.90 Å². The molecule has 1 aliphatic rings. The Morgan fingerprint density at radius 2 is 1.50 bits per heavy atom. The Morgan fingerprint density at radius 1 is 0.900 bits per heavy atom. The number of hydrogen-bond acceptors (Lipinski definition) is 6. The minimum Gasteiger partial charge on any atom is -0.395 e. The molecule has 0 aromatic heterocycles. The minimum atomic E-state index is -1.23. The van der Waals surface area contributed by atoms with Gasteiger partial charge >= 0.3 is 0 Å². The molecule has 5 N–H and O–H groups in total. The Balaban J connectivity index is 1.48. The average Bonchev–Trinajstić information content (AvgIpc) is 2.71. The number of nitrogens with one attached hydrogen (secondary N) is 1. The van der Waals surface area contributed by atoms with Gasteiger partial charge in [-0.1, -0.05) is 47.5 Å². The van der Waals surface area contributed by atoms with Crippen molar-refractivity contribution < 1.29 is 20.4 Å². The van der Waals surface area contributed by atoms with Crippen LogP contribution in [0.5, 0.6) is 0 Å². The normalized spacial score (nSPS) is 24.7. The van der Waals surface area contributed by atoms with Crippen LogP contribution in [0.15, 0.2) is 42.5 Å². The molecule has 0 spiro atoms. The van der Waals surface area contributed by atoms with E-state index >= 15 is 0 Å². The number of likely N-dealkylation sites (tertiary alicyclic amines) is 1. The van der Waals surface area contributed by atoms with Crippen LogP contribution in [0.4, 0.5) is 5.69 Å². The Hall–Kier alpha value is -1.38. The zero-order chi connectivity index (χ0) is 21.7. The molecule has 0 saturated carbocycles. The largest absolute Gasteiger partial charge is 0.395 e. The van der Waals surface area contributed by atoms with Crippen molar-refractivity contribution in [3.63, 3.8) is 0 Å². The van der Waals surface area contributed by atoms with Gasteiger partial charge in [0.15, 0.2) is 0 Å². The van der Waals surface area contributed by atoms with E-state index in [0.29, 0.717) is 23.0 Å². The van der Waals surface area contributed by atoms with Crippen LogP contribution < -0.4 is 5.32 Å². The van der Waals surface area contributed by atoms with Gasteiger partial charge in [0.2, 0.25) is 0 Å². The second-order valence-corrected chi connectivity index (χ2v) is 8.57. The summed E-state index contributed by atoms with van der Waals surface area (Å²) in [6, 6.07) is 13.1. The summed E-state index contributed by atoms with van der Waals surface area (Å²) in [6.45, 7) is 1.28. The molecular formula is C22H28Cl2N2O4. The van der Waals surface area contributed by atoms with Crippen molar-refractivity contribution in [2.45, 2.75) is 37.2 Å². The summed E-state index contributed by atoms with van der Waals surface area (Å²) >= 11 is 12.0. The summed E-state index contributed by atoms with van der Waals surface area (Å²) in [6.07, 6.45) is -1.85. The fourth-order valence-electron chi connectivity index (χ4n) is 3.79. The van der Waals surface area contributed by atoms with Crippen molar-refractivity contribution in [2.24, 2.45) is 0 Å². The van der Waals surface area contributed by atoms with Gasteiger partial charge in [0, 0.05) is 35.4 Å². The third-order valence-corrected chi connectivity index (χ3v) is 5.97. The molecule has 4 atom stereocenters. The van der Waals surface area contributed by atoms with Crippen LogP contribution in [0.1, 0.15) is 11.1 Å². The van der Waals surface area contributed by atoms with Crippen LogP contribution in [0.2, 0.25) is 10.0 Å². The number of β-amino-alcohol motifs (C(OH)–C–C–N with tert-alkyl or cyclic N) is 1. The molecule has 1 heterocycles. The summed E-state index contributed by atoms with van der Waals surface area (Å²) in [5.41, 5.74) is 3.21. The third-order valence-electron chi connectivity index (χ3n) is 5.53. The van der Waals surface area contributed by atoms with Crippen molar-refractivity contribution in [2.75, 3.05) is 31.6 Å². The summed E-state index contributed by atoms with van der Waals surface area (Å²) < 4.78 is 0. The third kappa shape index (κ3) is 6.08. The van der Waals surface area contributed by atoms with Crippen LogP contribution in [-0.4, -0.2) is 75.9 Å². The molecule has 1 aliphatic heterocycles. The van der Waals surface area contributed by atoms with E-state index in [2.05, 4.69) is 29.6 Å². The Kier molecular flexibility index (Phi) is 8.36. The van der Waals surface area contributed by atoms with E-state index < -0.39 is 24.4 Å². The molecule has 0 radical (unpaired) electrons. The average molecular weight is 455 g/mol. The van der Waals surface area contributed by atoms with Gasteiger partial charge in [0.25, 0.3) is 0 Å². The lowest BCUT2D eigenvalue weighted by Gasteiger charge is -2.43. The van der Waals surface area contributed by atoms with E-state index in [-0.39, 0.29) is 13.2 Å². The van der Waals surface area contributed by atoms with E-state index in [0.717, 1.165) is 24.2 Å². The molecule has 6 nitrogen and oxygen atoms in total. The Labute approximate surface area is 186 Å². The summed E-state index contributed by atoms with van der Waals surface area (Å²) in [4.78, 5) is 1.83. The van der Waals surface area contributed by atoms with Crippen LogP contribution in [-0.2, 0) is 12.8 Å². The lowest BCUT2D eigenvalue weighted by molar-refractivity contribution is -0.144. The molecule has 2 aromatic rings. The molecular weight excluding hydrogens is 427 g/mol. The maximum absolute atomic E-state index is 10.1. The predicted molar refractivity (Wildman–Crippen MR) is 119 cm³/mol. The highest BCUT2D eigenvalue weighted by molar-refractivity contribution is 6.35. The first-order chi connectivity index (χ1) is 14.4. The van der Waals surface area contributed by atoms with Gasteiger partial charge in [-0.25, -0.2) is 0 Å². The molecule has 8 heteroatoms. The fraction of sp³-hybridized carbons (Fsp3) is 0.455. The van der Waals surface area contributed by atoms with Gasteiger partial charge < -0.3 is 25.7 Å². The molecule has 0 aliphatic carbocycles. The number of nitrogens with zero attached hydrogens (tertiary/aromatic N) is 1. The SMILES string of the molecule is OC[C@@H]1[C@@H](O)[C@H](O)[C@@H](O)CN1CCc1ccc(CCNc2cc(Cl)cc(Cl)c2)cc1. The molecule has 164 valence electrons. The molecule has 2 aromatic carbocycles. The van der Waals surface area contributed by atoms with Crippen LogP contribution in [0.25, 0.3) is 0 Å². The van der Waals surface area contributed by atoms with Gasteiger partial charge in [-0.15, -0.1) is 0 Å². The maximum Gasteiger partial charge on any atom is 0.109 e. The number of aliphatic hydroxyl groups is 4. The zero-order valence-corrected chi connectivity index (χ0v) is 18.1. The number of anilines is 1. The molecule has 3 rings (SSSR count). The molecule has 30 heavy (non-hydrogen) atoms. The quantitative estimate of drug-likeness (QED) is 0.418. The standard InChI is InChI=1S/C22H28Cl2N2O4/c23-16-9-17(24)11-18(10-16)25-7-5-14-1-3-15(4-2-14)6-8-26-12-20(28)22(30)21(29)19(26)13-27/h1-4,9-11,19-22,25,27-30H,5-8,12-13H2/t19-,20+,21-,22-/m1/s1. The lowest BCUT2D eigenvalue weighted by atomic mass is 9.93. The van der Waals surface area contributed by atoms with Crippen molar-refractivity contribution in [3.8, 4) is 0 Å². The first-order valence-corrected chi connectivity index (χ1v) is 10.8. The predicted octanol–water partition coefficient (Wildman–Crippen LogP) is 1.95. The molecule has 0 unspecified atom stereocenters. The molecule has 1 fully saturated rings. The number of piperidine rings is 1. The van der Waals surface area contributed by atoms with Gasteiger partial charge in [0.05, 0.1) is 18.8 Å². The van der Waals surface area contributed by atoms with Crippen LogP contribution >= 0.6 is 23.2 Å². The number of rotatable bonds is 8. The van der Waals surface area contributed by atoms with Crippen molar-refractivity contribution in [1.82, 2.24) is 4.90 Å². The van der Waals surface area contributed by atoms with Crippen LogP contribution in [0.3, 0.4) is 0 Å². The Bertz CT molecular complexity index is 801. The fourth-order valence-corrected chi connectivity index (χ4v) is 4.31. The topological polar surface area (TPSA) is 96.2 Å². The van der Waals surface area contributed by atoms with E-state index in [4.69, 9.17) is 23.2 Å². The summed E-state index contributed by atoms with van der Waals surface area (Å²) in [5, 5.41) is 43.8. The van der Waals surface area contributed by atoms with Crippen molar-refractivity contribution in [1.29, 1.82) is 0 Å². The highest BCUT2D eigenvalue weighted by Crippen LogP contribution is 2.22. The highest BCUT2D eigenvalue weighted by Gasteiger charge is 2.40. The number of halogens is 2. The number of aliphatic hydroxyl groups excluding tert-OH is 4. The van der Waals surface area contributed by atoms with Gasteiger partial charge in [-0.05, 0) is 42.2 Å². The van der Waals surface area contributed by atoms with E-state index in [1.807, 2.05) is 17.0 Å². The maximum atomic E-state index is 10.1. The van der Waals surface area contributed by atoms with Crippen LogP contribution in [0, 0.1) is 0 Å². The smallest absolute Gasteiger partial charge is 0.109 e. The minimum absolute atomic E-state index is 0.223. The van der Waals surface area contributed by atoms with Gasteiger partial charge in [0.1, 0.15) is 12.2 Å². The Morgan fingerprint density at radius 3 is 2.10 bits per heavy atom. The van der Waals surface area contributed by atoms with E-state index in [9.17, 15) is 20.4 Å². The van der Waals surface area contributed by atoms with Crippen molar-refractivity contribution in [3.05, 3.63) is 63.6 Å². The lowest BCUT2D eigenvalue weighted by Crippen LogP contribution is -2.62. The first-order valence-electron chi connectivity index (χ1n) is 10.0. The van der Waals surface area contributed by atoms with E-state index in [1.165, 1.54) is 5.56 Å². The highest BCUT2D eigenvalue weighted by atomic mass is 35.5. The molecule has 0 bridgehead atoms. The van der Waals surface area contributed by atoms with Gasteiger partial charge in [-0.2, -0.15) is 0 Å². The number of hydrogen-bond donors (Lipinski definition) is 5. The zero-order valence-electron chi connectivity index (χ0n) is 16.6. The summed E-state index contributed by atoms with van der Waals surface area (Å²) in [5.74, 6) is 0. The first kappa shape index (κ1) is 23.3. The molecule has 1 saturated heterocycles. The second kappa shape index (κ2) is 10.8. The second-order valence-electron chi connectivity index (χ2n) is 7.69. The monoisotopic (exact) mass is 454 g/mol. The van der Waals surface area contributed by atoms with E-state index in [1.54, 1.807) is 6.07 Å².